The largest absolute Gasteiger partial charge is 0.383 e. The lowest BCUT2D eigenvalue weighted by molar-refractivity contribution is 1.04. The van der Waals surface area contributed by atoms with E-state index in [0.717, 1.165) is 50.1 Å². The molecule has 5 nitrogen and oxygen atoms in total. The van der Waals surface area contributed by atoms with Crippen LogP contribution in [0.25, 0.3) is 58.9 Å². The van der Waals surface area contributed by atoms with Gasteiger partial charge >= 0.3 is 0 Å². The van der Waals surface area contributed by atoms with Gasteiger partial charge in [-0.3, -0.25) is 9.56 Å². The van der Waals surface area contributed by atoms with Crippen LogP contribution in [0, 0.1) is 0 Å². The molecule has 0 saturated heterocycles. The van der Waals surface area contributed by atoms with Crippen LogP contribution in [-0.4, -0.2) is 21.2 Å². The topological polar surface area (TPSA) is 68.6 Å². The molecule has 0 saturated carbocycles. The van der Waals surface area contributed by atoms with Crippen molar-refractivity contribution in [2.75, 3.05) is 0 Å². The first-order valence-corrected chi connectivity index (χ1v) is 17.4. The van der Waals surface area contributed by atoms with E-state index in [9.17, 15) is 0 Å². The number of aliphatic imine (C=N–C) groups is 2. The summed E-state index contributed by atoms with van der Waals surface area (Å²) >= 11 is 1.82. The first-order valence-electron chi connectivity index (χ1n) is 16.6. The minimum Gasteiger partial charge on any atom is -0.383 e. The molecule has 0 amide bonds. The Morgan fingerprint density at radius 3 is 2.12 bits per heavy atom. The van der Waals surface area contributed by atoms with E-state index in [-0.39, 0.29) is 0 Å². The molecule has 0 bridgehead atoms. The Bertz CT molecular complexity index is 2730. The number of thiophene rings is 1. The van der Waals surface area contributed by atoms with E-state index in [1.807, 2.05) is 84.3 Å². The van der Waals surface area contributed by atoms with E-state index in [0.29, 0.717) is 18.2 Å². The normalized spacial score (nSPS) is 12.4. The number of hydrogen-bond acceptors (Lipinski definition) is 3. The molecule has 0 fully saturated rings. The summed E-state index contributed by atoms with van der Waals surface area (Å²) in [6.07, 6.45) is 1.96. The number of benzene rings is 6. The summed E-state index contributed by atoms with van der Waals surface area (Å²) in [6, 6.07) is 54.3. The molecule has 2 N–H and O–H groups in total. The highest BCUT2D eigenvalue weighted by atomic mass is 32.1. The summed E-state index contributed by atoms with van der Waals surface area (Å²) in [5.74, 6) is 1.65. The zero-order chi connectivity index (χ0) is 33.4. The number of nitrogens with two attached hydrogens (primary N) is 1. The zero-order valence-electron chi connectivity index (χ0n) is 27.1. The number of nitrogens with zero attached hydrogens (tertiary/aromatic N) is 4. The minimum atomic E-state index is 0.391. The van der Waals surface area contributed by atoms with Crippen LogP contribution in [0.3, 0.4) is 0 Å². The third-order valence-electron chi connectivity index (χ3n) is 9.15. The van der Waals surface area contributed by atoms with Gasteiger partial charge in [0.1, 0.15) is 11.7 Å². The smallest absolute Gasteiger partial charge is 0.161 e. The number of pyridine rings is 1. The summed E-state index contributed by atoms with van der Waals surface area (Å²) in [4.78, 5) is 15.6. The predicted molar refractivity (Wildman–Crippen MR) is 211 cm³/mol. The van der Waals surface area contributed by atoms with Gasteiger partial charge in [0.2, 0.25) is 0 Å². The standard InChI is InChI=1S/C44H31N5S/c45-42(31-18-8-3-9-19-31)48-43(46-27-29-14-4-1-5-15-29)36-26-32(30-16-6-2-7-17-30)28-47-44(36)49-37-22-12-10-20-33(37)34-24-25-39-40(41(34)49)35-21-11-13-23-38(35)50-39/h1-26,28H,27H2,(H2,45,46,48). The van der Waals surface area contributed by atoms with Gasteiger partial charge in [-0.25, -0.2) is 9.98 Å². The monoisotopic (exact) mass is 661 g/mol. The summed E-state index contributed by atoms with van der Waals surface area (Å²) < 4.78 is 4.79. The van der Waals surface area contributed by atoms with Crippen LogP contribution in [-0.2, 0) is 6.54 Å². The number of para-hydroxylation sites is 1. The van der Waals surface area contributed by atoms with Gasteiger partial charge < -0.3 is 5.73 Å². The number of aromatic nitrogens is 2. The van der Waals surface area contributed by atoms with Crippen LogP contribution in [0.15, 0.2) is 174 Å². The van der Waals surface area contributed by atoms with Crippen LogP contribution in [0.4, 0.5) is 0 Å². The van der Waals surface area contributed by atoms with Crippen LogP contribution in [0.2, 0.25) is 0 Å². The Morgan fingerprint density at radius 2 is 1.32 bits per heavy atom. The van der Waals surface area contributed by atoms with E-state index in [4.69, 9.17) is 20.7 Å². The molecular formula is C44H31N5S. The second kappa shape index (κ2) is 12.6. The Balaban J connectivity index is 1.39. The first kappa shape index (κ1) is 29.7. The maximum atomic E-state index is 6.77. The van der Waals surface area contributed by atoms with Crippen LogP contribution in [0.1, 0.15) is 16.7 Å². The Kier molecular flexibility index (Phi) is 7.48. The summed E-state index contributed by atoms with van der Waals surface area (Å²) in [6.45, 7) is 0.434. The first-order chi connectivity index (χ1) is 24.7. The molecule has 0 unspecified atom stereocenters. The van der Waals surface area contributed by atoms with E-state index in [1.165, 1.54) is 25.6 Å². The Labute approximate surface area is 293 Å². The SMILES string of the molecule is NC(=NC(=NCc1ccccc1)c1cc(-c2ccccc2)cnc1-n1c2ccccc2c2ccc3sc4ccccc4c3c21)c1ccccc1. The van der Waals surface area contributed by atoms with Crippen LogP contribution in [0.5, 0.6) is 0 Å². The number of hydrogen-bond donors (Lipinski definition) is 1. The fourth-order valence-electron chi connectivity index (χ4n) is 6.79. The minimum absolute atomic E-state index is 0.391. The third kappa shape index (κ3) is 5.23. The second-order valence-corrected chi connectivity index (χ2v) is 13.3. The van der Waals surface area contributed by atoms with Crippen LogP contribution >= 0.6 is 11.3 Å². The van der Waals surface area contributed by atoms with Gasteiger partial charge in [-0.1, -0.05) is 133 Å². The zero-order valence-corrected chi connectivity index (χ0v) is 27.9. The molecule has 0 atom stereocenters. The molecule has 0 aliphatic carbocycles. The molecule has 9 rings (SSSR count). The van der Waals surface area contributed by atoms with Gasteiger partial charge in [-0.05, 0) is 35.4 Å². The lowest BCUT2D eigenvalue weighted by atomic mass is 10.0. The van der Waals surface area contributed by atoms with E-state index in [1.54, 1.807) is 0 Å². The molecule has 3 heterocycles. The quantitative estimate of drug-likeness (QED) is 0.142. The van der Waals surface area contributed by atoms with E-state index < -0.39 is 0 Å². The van der Waals surface area contributed by atoms with E-state index >= 15 is 0 Å². The predicted octanol–water partition coefficient (Wildman–Crippen LogP) is 10.6. The maximum Gasteiger partial charge on any atom is 0.161 e. The van der Waals surface area contributed by atoms with Gasteiger partial charge in [-0.2, -0.15) is 0 Å². The van der Waals surface area contributed by atoms with Crippen molar-refractivity contribution < 1.29 is 0 Å². The Hall–Kier alpha value is -6.37. The third-order valence-corrected chi connectivity index (χ3v) is 10.3. The fraction of sp³-hybridized carbons (Fsp3) is 0.0227. The van der Waals surface area contributed by atoms with Gasteiger partial charge in [0, 0.05) is 48.3 Å². The Morgan fingerprint density at radius 1 is 0.640 bits per heavy atom. The molecule has 0 aliphatic heterocycles. The number of fused-ring (bicyclic) bond motifs is 7. The summed E-state index contributed by atoms with van der Waals surface area (Å²) in [5.41, 5.74) is 13.7. The van der Waals surface area contributed by atoms with Gasteiger partial charge in [0.05, 0.1) is 23.1 Å². The van der Waals surface area contributed by atoms with Crippen molar-refractivity contribution in [3.63, 3.8) is 0 Å². The van der Waals surface area contributed by atoms with Crippen molar-refractivity contribution in [2.24, 2.45) is 15.7 Å². The van der Waals surface area contributed by atoms with Gasteiger partial charge in [0.25, 0.3) is 0 Å². The summed E-state index contributed by atoms with van der Waals surface area (Å²) in [7, 11) is 0. The highest BCUT2D eigenvalue weighted by molar-refractivity contribution is 7.26. The van der Waals surface area contributed by atoms with Crippen LogP contribution < -0.4 is 5.73 Å². The average Bonchev–Trinajstić information content (AvgIpc) is 3.73. The maximum absolute atomic E-state index is 6.77. The van der Waals surface area contributed by atoms with Crippen molar-refractivity contribution >= 4 is 65.0 Å². The number of rotatable bonds is 6. The molecule has 3 aromatic heterocycles. The fourth-order valence-corrected chi connectivity index (χ4v) is 7.90. The molecule has 50 heavy (non-hydrogen) atoms. The highest BCUT2D eigenvalue weighted by Crippen LogP contribution is 2.43. The average molecular weight is 662 g/mol. The molecule has 238 valence electrons. The molecular weight excluding hydrogens is 631 g/mol. The van der Waals surface area contributed by atoms with Crippen molar-refractivity contribution in [1.82, 2.24) is 9.55 Å². The van der Waals surface area contributed by atoms with E-state index in [2.05, 4.69) is 95.6 Å². The van der Waals surface area contributed by atoms with Crippen molar-refractivity contribution in [2.45, 2.75) is 6.54 Å². The second-order valence-electron chi connectivity index (χ2n) is 12.2. The number of amidine groups is 2. The molecule has 6 heteroatoms. The molecule has 0 aliphatic rings. The molecule has 6 aromatic carbocycles. The van der Waals surface area contributed by atoms with Crippen molar-refractivity contribution in [3.8, 4) is 16.9 Å². The van der Waals surface area contributed by atoms with Gasteiger partial charge in [0.15, 0.2) is 5.84 Å². The molecule has 0 spiro atoms. The van der Waals surface area contributed by atoms with Crippen molar-refractivity contribution in [1.29, 1.82) is 0 Å². The highest BCUT2D eigenvalue weighted by Gasteiger charge is 2.23. The summed E-state index contributed by atoms with van der Waals surface area (Å²) in [5, 5.41) is 4.78. The molecule has 9 aromatic rings. The van der Waals surface area contributed by atoms with Gasteiger partial charge in [-0.15, -0.1) is 11.3 Å². The lowest BCUT2D eigenvalue weighted by Crippen LogP contribution is -2.18. The lowest BCUT2D eigenvalue weighted by Gasteiger charge is -2.16. The molecule has 0 radical (unpaired) electrons. The van der Waals surface area contributed by atoms with Crippen molar-refractivity contribution in [3.05, 3.63) is 181 Å².